The molecule has 2 rings (SSSR count). The number of benzene rings is 1. The molecule has 0 fully saturated rings. The molecule has 2 aromatic rings. The van der Waals surface area contributed by atoms with E-state index in [1.165, 1.54) is 17.5 Å². The van der Waals surface area contributed by atoms with E-state index in [0.717, 1.165) is 38.3 Å². The number of rotatable bonds is 9. The molecule has 0 bridgehead atoms. The van der Waals surface area contributed by atoms with Crippen LogP contribution in [0.15, 0.2) is 35.2 Å². The van der Waals surface area contributed by atoms with Gasteiger partial charge in [-0.3, -0.25) is 4.90 Å². The standard InChI is InChI=1S/C17H25N3S/c1-3-9-18-10-8-15-4-6-16(7-5-15)11-20(2)12-17-13-21-14-19-17/h4-7,13-14,18H,3,8-12H2,1-2H3. The molecule has 0 saturated carbocycles. The van der Waals surface area contributed by atoms with Gasteiger partial charge in [-0.1, -0.05) is 31.2 Å². The smallest absolute Gasteiger partial charge is 0.0795 e. The van der Waals surface area contributed by atoms with E-state index >= 15 is 0 Å². The number of nitrogens with one attached hydrogen (secondary N) is 1. The molecule has 1 aromatic heterocycles. The van der Waals surface area contributed by atoms with Gasteiger partial charge < -0.3 is 5.32 Å². The molecule has 0 amide bonds. The second-order valence-corrected chi connectivity index (χ2v) is 6.19. The van der Waals surface area contributed by atoms with Gasteiger partial charge in [-0.25, -0.2) is 4.98 Å². The molecule has 0 aliphatic carbocycles. The van der Waals surface area contributed by atoms with E-state index in [-0.39, 0.29) is 0 Å². The molecule has 1 aromatic carbocycles. The highest BCUT2D eigenvalue weighted by Gasteiger charge is 2.03. The lowest BCUT2D eigenvalue weighted by Gasteiger charge is -2.15. The first-order chi connectivity index (χ1) is 10.3. The van der Waals surface area contributed by atoms with Gasteiger partial charge in [0.25, 0.3) is 0 Å². The second-order valence-electron chi connectivity index (χ2n) is 5.47. The third-order valence-electron chi connectivity index (χ3n) is 3.41. The van der Waals surface area contributed by atoms with Gasteiger partial charge in [0.05, 0.1) is 11.2 Å². The van der Waals surface area contributed by atoms with Crippen LogP contribution in [0.5, 0.6) is 0 Å². The molecule has 0 spiro atoms. The first kappa shape index (κ1) is 16.1. The van der Waals surface area contributed by atoms with Crippen molar-refractivity contribution in [2.24, 2.45) is 0 Å². The van der Waals surface area contributed by atoms with Crippen LogP contribution in [0, 0.1) is 0 Å². The van der Waals surface area contributed by atoms with Crippen LogP contribution in [-0.2, 0) is 19.5 Å². The van der Waals surface area contributed by atoms with E-state index in [9.17, 15) is 0 Å². The highest BCUT2D eigenvalue weighted by Crippen LogP contribution is 2.10. The molecule has 0 radical (unpaired) electrons. The predicted octanol–water partition coefficient (Wildman–Crippen LogP) is 3.32. The Morgan fingerprint density at radius 3 is 2.52 bits per heavy atom. The van der Waals surface area contributed by atoms with Gasteiger partial charge in [-0.05, 0) is 44.1 Å². The number of hydrogen-bond donors (Lipinski definition) is 1. The van der Waals surface area contributed by atoms with Crippen molar-refractivity contribution in [3.05, 3.63) is 52.0 Å². The Labute approximate surface area is 132 Å². The van der Waals surface area contributed by atoms with Crippen LogP contribution in [0.2, 0.25) is 0 Å². The van der Waals surface area contributed by atoms with Crippen molar-refractivity contribution >= 4 is 11.3 Å². The summed E-state index contributed by atoms with van der Waals surface area (Å²) in [5, 5.41) is 5.55. The molecule has 0 atom stereocenters. The molecule has 4 heteroatoms. The Kier molecular flexibility index (Phi) is 6.86. The van der Waals surface area contributed by atoms with Crippen LogP contribution in [0.1, 0.15) is 30.2 Å². The summed E-state index contributed by atoms with van der Waals surface area (Å²) in [7, 11) is 2.14. The summed E-state index contributed by atoms with van der Waals surface area (Å²) >= 11 is 1.66. The van der Waals surface area contributed by atoms with Gasteiger partial charge in [-0.2, -0.15) is 0 Å². The third kappa shape index (κ3) is 5.96. The van der Waals surface area contributed by atoms with Gasteiger partial charge in [0.2, 0.25) is 0 Å². The van der Waals surface area contributed by atoms with Crippen LogP contribution >= 0.6 is 11.3 Å². The lowest BCUT2D eigenvalue weighted by atomic mass is 10.1. The molecule has 0 aliphatic heterocycles. The zero-order valence-electron chi connectivity index (χ0n) is 13.0. The molecule has 114 valence electrons. The first-order valence-corrected chi connectivity index (χ1v) is 8.56. The van der Waals surface area contributed by atoms with Crippen LogP contribution in [0.4, 0.5) is 0 Å². The van der Waals surface area contributed by atoms with Crippen LogP contribution in [0.3, 0.4) is 0 Å². The zero-order chi connectivity index (χ0) is 14.9. The first-order valence-electron chi connectivity index (χ1n) is 7.62. The fourth-order valence-corrected chi connectivity index (χ4v) is 2.86. The van der Waals surface area contributed by atoms with Crippen molar-refractivity contribution in [2.45, 2.75) is 32.9 Å². The Balaban J connectivity index is 1.76. The van der Waals surface area contributed by atoms with E-state index in [0.29, 0.717) is 0 Å². The summed E-state index contributed by atoms with van der Waals surface area (Å²) in [6, 6.07) is 8.98. The normalized spacial score (nSPS) is 11.2. The van der Waals surface area contributed by atoms with Crippen molar-refractivity contribution < 1.29 is 0 Å². The molecule has 3 nitrogen and oxygen atoms in total. The van der Waals surface area contributed by atoms with E-state index in [4.69, 9.17) is 0 Å². The number of thiazole rings is 1. The molecule has 21 heavy (non-hydrogen) atoms. The summed E-state index contributed by atoms with van der Waals surface area (Å²) in [4.78, 5) is 6.63. The lowest BCUT2D eigenvalue weighted by Crippen LogP contribution is -2.18. The minimum atomic E-state index is 0.909. The Hall–Kier alpha value is -1.23. The molecule has 1 heterocycles. The van der Waals surface area contributed by atoms with Crippen molar-refractivity contribution in [3.8, 4) is 0 Å². The highest BCUT2D eigenvalue weighted by atomic mass is 32.1. The minimum absolute atomic E-state index is 0.909. The van der Waals surface area contributed by atoms with E-state index < -0.39 is 0 Å². The summed E-state index contributed by atoms with van der Waals surface area (Å²) in [6.07, 6.45) is 2.30. The molecule has 0 saturated heterocycles. The maximum Gasteiger partial charge on any atom is 0.0795 e. The lowest BCUT2D eigenvalue weighted by molar-refractivity contribution is 0.316. The van der Waals surface area contributed by atoms with Crippen molar-refractivity contribution in [1.29, 1.82) is 0 Å². The average molecular weight is 303 g/mol. The third-order valence-corrected chi connectivity index (χ3v) is 4.04. The average Bonchev–Trinajstić information content (AvgIpc) is 2.98. The van der Waals surface area contributed by atoms with Crippen molar-refractivity contribution in [1.82, 2.24) is 15.2 Å². The fraction of sp³-hybridized carbons (Fsp3) is 0.471. The topological polar surface area (TPSA) is 28.2 Å². The molecule has 1 N–H and O–H groups in total. The summed E-state index contributed by atoms with van der Waals surface area (Å²) < 4.78 is 0. The van der Waals surface area contributed by atoms with E-state index in [1.54, 1.807) is 11.3 Å². The van der Waals surface area contributed by atoms with Crippen LogP contribution < -0.4 is 5.32 Å². The van der Waals surface area contributed by atoms with Gasteiger partial charge in [0.1, 0.15) is 0 Å². The molecular weight excluding hydrogens is 278 g/mol. The monoisotopic (exact) mass is 303 g/mol. The molecular formula is C17H25N3S. The summed E-state index contributed by atoms with van der Waals surface area (Å²) in [5.41, 5.74) is 5.81. The van der Waals surface area contributed by atoms with Crippen molar-refractivity contribution in [3.63, 3.8) is 0 Å². The Morgan fingerprint density at radius 1 is 1.10 bits per heavy atom. The SMILES string of the molecule is CCCNCCc1ccc(CN(C)Cc2cscn2)cc1. The Bertz CT molecular complexity index is 493. The zero-order valence-corrected chi connectivity index (χ0v) is 13.8. The summed E-state index contributed by atoms with van der Waals surface area (Å²) in [5.74, 6) is 0. The number of nitrogens with zero attached hydrogens (tertiary/aromatic N) is 2. The van der Waals surface area contributed by atoms with Crippen LogP contribution in [-0.4, -0.2) is 30.0 Å². The maximum atomic E-state index is 4.33. The van der Waals surface area contributed by atoms with Gasteiger partial charge in [0, 0.05) is 18.5 Å². The van der Waals surface area contributed by atoms with Gasteiger partial charge >= 0.3 is 0 Å². The Morgan fingerprint density at radius 2 is 1.86 bits per heavy atom. The van der Waals surface area contributed by atoms with Crippen LogP contribution in [0.25, 0.3) is 0 Å². The largest absolute Gasteiger partial charge is 0.316 e. The van der Waals surface area contributed by atoms with Gasteiger partial charge in [0.15, 0.2) is 0 Å². The fourth-order valence-electron chi connectivity index (χ4n) is 2.31. The molecule has 0 unspecified atom stereocenters. The van der Waals surface area contributed by atoms with Gasteiger partial charge in [-0.15, -0.1) is 11.3 Å². The highest BCUT2D eigenvalue weighted by molar-refractivity contribution is 7.07. The quantitative estimate of drug-likeness (QED) is 0.720. The molecule has 0 aliphatic rings. The van der Waals surface area contributed by atoms with Crippen molar-refractivity contribution in [2.75, 3.05) is 20.1 Å². The number of aromatic nitrogens is 1. The maximum absolute atomic E-state index is 4.33. The predicted molar refractivity (Wildman–Crippen MR) is 90.6 cm³/mol. The van der Waals surface area contributed by atoms with E-state index in [2.05, 4.69) is 58.8 Å². The number of hydrogen-bond acceptors (Lipinski definition) is 4. The summed E-state index contributed by atoms with van der Waals surface area (Å²) in [6.45, 7) is 6.25. The minimum Gasteiger partial charge on any atom is -0.316 e. The van der Waals surface area contributed by atoms with E-state index in [1.807, 2.05) is 5.51 Å². The second kappa shape index (κ2) is 8.93.